The Hall–Kier alpha value is -0.610. The largest absolute Gasteiger partial charge is 0.468 e. The number of hydrogen-bond donors (Lipinski definition) is 1. The molecule has 0 aromatic rings. The third-order valence-electron chi connectivity index (χ3n) is 3.29. The third-order valence-corrected chi connectivity index (χ3v) is 3.29. The summed E-state index contributed by atoms with van der Waals surface area (Å²) in [5.74, 6) is -0.319. The molecular weight excluding hydrogens is 192 g/mol. The summed E-state index contributed by atoms with van der Waals surface area (Å²) >= 11 is 0. The van der Waals surface area contributed by atoms with Crippen molar-refractivity contribution in [1.29, 1.82) is 0 Å². The van der Waals surface area contributed by atoms with Crippen LogP contribution in [0.3, 0.4) is 0 Å². The van der Waals surface area contributed by atoms with Crippen LogP contribution in [-0.2, 0) is 9.53 Å². The summed E-state index contributed by atoms with van der Waals surface area (Å²) in [6.07, 6.45) is 3.66. The van der Waals surface area contributed by atoms with E-state index < -0.39 is 6.04 Å². The number of methoxy groups -OCH3 is 1. The van der Waals surface area contributed by atoms with Gasteiger partial charge in [-0.25, -0.2) is 0 Å². The second-order valence-corrected chi connectivity index (χ2v) is 4.46. The van der Waals surface area contributed by atoms with E-state index in [1.165, 1.54) is 26.4 Å². The first-order chi connectivity index (χ1) is 7.06. The van der Waals surface area contributed by atoms with Crippen LogP contribution in [0.1, 0.15) is 33.1 Å². The van der Waals surface area contributed by atoms with E-state index in [4.69, 9.17) is 5.73 Å². The molecule has 1 aliphatic rings. The van der Waals surface area contributed by atoms with Crippen LogP contribution in [-0.4, -0.2) is 42.6 Å². The summed E-state index contributed by atoms with van der Waals surface area (Å²) in [7, 11) is 1.38. The summed E-state index contributed by atoms with van der Waals surface area (Å²) < 4.78 is 4.63. The molecule has 1 saturated heterocycles. The summed E-state index contributed by atoms with van der Waals surface area (Å²) in [6.45, 7) is 4.99. The Labute approximate surface area is 91.8 Å². The minimum absolute atomic E-state index is 0.319. The Kier molecular flexibility index (Phi) is 4.54. The van der Waals surface area contributed by atoms with Gasteiger partial charge in [0.15, 0.2) is 0 Å². The maximum Gasteiger partial charge on any atom is 0.323 e. The molecule has 0 bridgehead atoms. The van der Waals surface area contributed by atoms with Crippen LogP contribution in [0, 0.1) is 0 Å². The number of rotatable bonds is 3. The molecular formula is C11H22N2O2. The Morgan fingerprint density at radius 3 is 2.47 bits per heavy atom. The molecule has 1 aliphatic heterocycles. The zero-order chi connectivity index (χ0) is 11.4. The van der Waals surface area contributed by atoms with E-state index in [-0.39, 0.29) is 5.97 Å². The second-order valence-electron chi connectivity index (χ2n) is 4.46. The minimum atomic E-state index is -0.516. The van der Waals surface area contributed by atoms with Gasteiger partial charge < -0.3 is 10.5 Å². The number of ether oxygens (including phenoxy) is 1. The van der Waals surface area contributed by atoms with Gasteiger partial charge in [0, 0.05) is 18.6 Å². The second kappa shape index (κ2) is 5.47. The molecule has 1 rings (SSSR count). The van der Waals surface area contributed by atoms with Crippen molar-refractivity contribution in [2.24, 2.45) is 5.73 Å². The van der Waals surface area contributed by atoms with Gasteiger partial charge in [-0.15, -0.1) is 0 Å². The lowest BCUT2D eigenvalue weighted by Gasteiger charge is -2.39. The fourth-order valence-electron chi connectivity index (χ4n) is 2.29. The molecule has 0 saturated carbocycles. The van der Waals surface area contributed by atoms with E-state index in [2.05, 4.69) is 23.5 Å². The molecule has 3 unspecified atom stereocenters. The van der Waals surface area contributed by atoms with E-state index >= 15 is 0 Å². The highest BCUT2D eigenvalue weighted by molar-refractivity contribution is 5.75. The smallest absolute Gasteiger partial charge is 0.323 e. The lowest BCUT2D eigenvalue weighted by Crippen LogP contribution is -2.51. The highest BCUT2D eigenvalue weighted by atomic mass is 16.5. The third kappa shape index (κ3) is 3.18. The van der Waals surface area contributed by atoms with Crippen LogP contribution in [0.4, 0.5) is 0 Å². The first-order valence-corrected chi connectivity index (χ1v) is 5.65. The molecule has 15 heavy (non-hydrogen) atoms. The number of carbonyl (C=O) groups is 1. The van der Waals surface area contributed by atoms with E-state index in [0.29, 0.717) is 18.6 Å². The van der Waals surface area contributed by atoms with Crippen molar-refractivity contribution >= 4 is 5.97 Å². The number of hydrogen-bond acceptors (Lipinski definition) is 4. The highest BCUT2D eigenvalue weighted by Gasteiger charge is 2.28. The van der Waals surface area contributed by atoms with E-state index in [9.17, 15) is 4.79 Å². The van der Waals surface area contributed by atoms with E-state index in [0.717, 1.165) is 0 Å². The summed E-state index contributed by atoms with van der Waals surface area (Å²) in [6, 6.07) is 0.520. The van der Waals surface area contributed by atoms with Crippen molar-refractivity contribution in [1.82, 2.24) is 4.90 Å². The Balaban J connectivity index is 2.50. The Bertz CT molecular complexity index is 211. The highest BCUT2D eigenvalue weighted by Crippen LogP contribution is 2.22. The first-order valence-electron chi connectivity index (χ1n) is 5.65. The number of esters is 1. The van der Waals surface area contributed by atoms with E-state index in [1.54, 1.807) is 0 Å². The van der Waals surface area contributed by atoms with Gasteiger partial charge in [0.05, 0.1) is 7.11 Å². The molecule has 4 nitrogen and oxygen atoms in total. The van der Waals surface area contributed by atoms with Crippen LogP contribution in [0.2, 0.25) is 0 Å². The average Bonchev–Trinajstić information content (AvgIpc) is 2.22. The van der Waals surface area contributed by atoms with Crippen LogP contribution < -0.4 is 5.73 Å². The lowest BCUT2D eigenvalue weighted by molar-refractivity contribution is -0.143. The van der Waals surface area contributed by atoms with Gasteiger partial charge in [-0.3, -0.25) is 9.69 Å². The molecule has 1 fully saturated rings. The molecule has 88 valence electrons. The van der Waals surface area contributed by atoms with Gasteiger partial charge in [0.2, 0.25) is 0 Å². The van der Waals surface area contributed by atoms with Crippen molar-refractivity contribution in [3.05, 3.63) is 0 Å². The van der Waals surface area contributed by atoms with Crippen LogP contribution >= 0.6 is 0 Å². The monoisotopic (exact) mass is 214 g/mol. The van der Waals surface area contributed by atoms with Gasteiger partial charge >= 0.3 is 5.97 Å². The summed E-state index contributed by atoms with van der Waals surface area (Å²) in [4.78, 5) is 13.5. The Morgan fingerprint density at radius 2 is 2.00 bits per heavy atom. The summed E-state index contributed by atoms with van der Waals surface area (Å²) in [5, 5.41) is 0. The zero-order valence-corrected chi connectivity index (χ0v) is 9.90. The molecule has 2 N–H and O–H groups in total. The van der Waals surface area contributed by atoms with Gasteiger partial charge in [0.25, 0.3) is 0 Å². The average molecular weight is 214 g/mol. The van der Waals surface area contributed by atoms with E-state index in [1.807, 2.05) is 0 Å². The minimum Gasteiger partial charge on any atom is -0.468 e. The van der Waals surface area contributed by atoms with Gasteiger partial charge in [-0.1, -0.05) is 6.42 Å². The van der Waals surface area contributed by atoms with Gasteiger partial charge in [0.1, 0.15) is 6.04 Å². The molecule has 4 heteroatoms. The number of nitrogens with two attached hydrogens (primary N) is 1. The van der Waals surface area contributed by atoms with Crippen molar-refractivity contribution in [2.75, 3.05) is 13.7 Å². The molecule has 0 aromatic carbocycles. The van der Waals surface area contributed by atoms with Crippen molar-refractivity contribution in [2.45, 2.75) is 51.2 Å². The van der Waals surface area contributed by atoms with Crippen LogP contribution in [0.25, 0.3) is 0 Å². The topological polar surface area (TPSA) is 55.6 Å². The van der Waals surface area contributed by atoms with Crippen LogP contribution in [0.15, 0.2) is 0 Å². The molecule has 0 aromatic heterocycles. The van der Waals surface area contributed by atoms with Crippen molar-refractivity contribution < 1.29 is 9.53 Å². The lowest BCUT2D eigenvalue weighted by atomic mass is 9.97. The maximum absolute atomic E-state index is 11.2. The number of nitrogens with zero attached hydrogens (tertiary/aromatic N) is 1. The van der Waals surface area contributed by atoms with Crippen LogP contribution in [0.5, 0.6) is 0 Å². The number of carbonyl (C=O) groups excluding carboxylic acids is 1. The molecule has 0 amide bonds. The molecule has 1 heterocycles. The number of likely N-dealkylation sites (tertiary alicyclic amines) is 1. The molecule has 0 aliphatic carbocycles. The first kappa shape index (κ1) is 12.5. The predicted molar refractivity (Wildman–Crippen MR) is 59.5 cm³/mol. The zero-order valence-electron chi connectivity index (χ0n) is 9.90. The number of piperidine rings is 1. The molecule has 0 radical (unpaired) electrons. The van der Waals surface area contributed by atoms with Crippen molar-refractivity contribution in [3.8, 4) is 0 Å². The van der Waals surface area contributed by atoms with Gasteiger partial charge in [-0.2, -0.15) is 0 Å². The van der Waals surface area contributed by atoms with Crippen molar-refractivity contribution in [3.63, 3.8) is 0 Å². The molecule has 0 spiro atoms. The predicted octanol–water partition coefficient (Wildman–Crippen LogP) is 0.750. The molecule has 3 atom stereocenters. The summed E-state index contributed by atoms with van der Waals surface area (Å²) in [5.41, 5.74) is 5.77. The normalized spacial score (nSPS) is 29.9. The van der Waals surface area contributed by atoms with Gasteiger partial charge in [-0.05, 0) is 26.7 Å². The quantitative estimate of drug-likeness (QED) is 0.704. The maximum atomic E-state index is 11.2. The standard InChI is InChI=1S/C11H22N2O2/c1-8-5-4-6-9(2)13(8)7-10(12)11(14)15-3/h8-10H,4-7,12H2,1-3H3. The fourth-order valence-corrected chi connectivity index (χ4v) is 2.29. The fraction of sp³-hybridized carbons (Fsp3) is 0.909. The Morgan fingerprint density at radius 1 is 1.47 bits per heavy atom. The SMILES string of the molecule is COC(=O)C(N)CN1C(C)CCCC1C.